The topological polar surface area (TPSA) is 41.6 Å². The van der Waals surface area contributed by atoms with Gasteiger partial charge >= 0.3 is 0 Å². The number of ether oxygens (including phenoxy) is 1. The van der Waals surface area contributed by atoms with Gasteiger partial charge in [0.2, 0.25) is 0 Å². The predicted molar refractivity (Wildman–Crippen MR) is 73.1 cm³/mol. The molecular formula is C13H20N2O2S. The van der Waals surface area contributed by atoms with Gasteiger partial charge in [-0.3, -0.25) is 4.79 Å². The number of carbonyl (C=O) groups excluding carboxylic acids is 1. The number of methoxy groups -OCH3 is 1. The molecule has 0 bridgehead atoms. The third-order valence-electron chi connectivity index (χ3n) is 3.28. The van der Waals surface area contributed by atoms with E-state index < -0.39 is 0 Å². The first kappa shape index (κ1) is 13.5. The van der Waals surface area contributed by atoms with Crippen molar-refractivity contribution in [3.05, 3.63) is 22.4 Å². The molecule has 1 N–H and O–H groups in total. The summed E-state index contributed by atoms with van der Waals surface area (Å²) in [6.45, 7) is 3.85. The number of hydrogen-bond donors (Lipinski definition) is 1. The molecule has 1 aliphatic rings. The lowest BCUT2D eigenvalue weighted by Gasteiger charge is -2.32. The highest BCUT2D eigenvalue weighted by molar-refractivity contribution is 7.12. The fraction of sp³-hybridized carbons (Fsp3) is 0.615. The van der Waals surface area contributed by atoms with E-state index in [0.29, 0.717) is 6.04 Å². The van der Waals surface area contributed by atoms with E-state index in [0.717, 1.165) is 44.0 Å². The molecule has 2 rings (SSSR count). The summed E-state index contributed by atoms with van der Waals surface area (Å²) in [7, 11) is 1.73. The number of hydrogen-bond acceptors (Lipinski definition) is 4. The van der Waals surface area contributed by atoms with E-state index in [-0.39, 0.29) is 5.91 Å². The summed E-state index contributed by atoms with van der Waals surface area (Å²) in [6.07, 6.45) is 2.06. The zero-order chi connectivity index (χ0) is 12.8. The Morgan fingerprint density at radius 2 is 2.33 bits per heavy atom. The molecule has 1 aromatic rings. The van der Waals surface area contributed by atoms with Crippen molar-refractivity contribution in [1.82, 2.24) is 10.2 Å². The number of nitrogens with zero attached hydrogens (tertiary/aromatic N) is 1. The van der Waals surface area contributed by atoms with Gasteiger partial charge in [-0.25, -0.2) is 0 Å². The summed E-state index contributed by atoms with van der Waals surface area (Å²) in [5, 5.41) is 5.04. The highest BCUT2D eigenvalue weighted by Crippen LogP contribution is 2.13. The van der Waals surface area contributed by atoms with Crippen molar-refractivity contribution in [1.29, 1.82) is 0 Å². The summed E-state index contributed by atoms with van der Waals surface area (Å²) in [5.74, 6) is 0.0698. The van der Waals surface area contributed by atoms with Gasteiger partial charge in [0.15, 0.2) is 0 Å². The zero-order valence-corrected chi connectivity index (χ0v) is 11.5. The molecule has 1 fully saturated rings. The van der Waals surface area contributed by atoms with Gasteiger partial charge in [-0.2, -0.15) is 0 Å². The lowest BCUT2D eigenvalue weighted by atomic mass is 10.1. The number of rotatable bonds is 5. The first-order valence-electron chi connectivity index (χ1n) is 6.35. The van der Waals surface area contributed by atoms with Crippen LogP contribution in [0.1, 0.15) is 22.5 Å². The molecule has 0 aliphatic carbocycles. The van der Waals surface area contributed by atoms with E-state index >= 15 is 0 Å². The predicted octanol–water partition coefficient (Wildman–Crippen LogP) is 1.59. The SMILES string of the molecule is COCCN1CCC(NC(=O)c2cccs2)CC1. The minimum absolute atomic E-state index is 0.0698. The average Bonchev–Trinajstić information content (AvgIpc) is 2.92. The van der Waals surface area contributed by atoms with Gasteiger partial charge in [0.1, 0.15) is 0 Å². The largest absolute Gasteiger partial charge is 0.383 e. The smallest absolute Gasteiger partial charge is 0.261 e. The summed E-state index contributed by atoms with van der Waals surface area (Å²) >= 11 is 1.49. The average molecular weight is 268 g/mol. The van der Waals surface area contributed by atoms with Gasteiger partial charge in [0.05, 0.1) is 11.5 Å². The highest BCUT2D eigenvalue weighted by Gasteiger charge is 2.20. The quantitative estimate of drug-likeness (QED) is 0.881. The maximum atomic E-state index is 11.9. The molecule has 1 amide bonds. The van der Waals surface area contributed by atoms with Crippen LogP contribution in [0.4, 0.5) is 0 Å². The standard InChI is InChI=1S/C13H20N2O2S/c1-17-9-8-15-6-4-11(5-7-15)14-13(16)12-3-2-10-18-12/h2-3,10-11H,4-9H2,1H3,(H,14,16). The van der Waals surface area contributed by atoms with Gasteiger partial charge in [-0.15, -0.1) is 11.3 Å². The Kier molecular flexibility index (Phi) is 5.16. The Labute approximate surface area is 112 Å². The number of piperidine rings is 1. The first-order valence-corrected chi connectivity index (χ1v) is 7.23. The van der Waals surface area contributed by atoms with Gasteiger partial charge in [-0.05, 0) is 24.3 Å². The van der Waals surface area contributed by atoms with E-state index in [1.807, 2.05) is 17.5 Å². The third kappa shape index (κ3) is 3.80. The number of likely N-dealkylation sites (tertiary alicyclic amines) is 1. The van der Waals surface area contributed by atoms with Crippen LogP contribution in [0, 0.1) is 0 Å². The Hall–Kier alpha value is -0.910. The second-order valence-corrected chi connectivity index (χ2v) is 5.51. The van der Waals surface area contributed by atoms with Crippen LogP contribution in [0.3, 0.4) is 0 Å². The lowest BCUT2D eigenvalue weighted by molar-refractivity contribution is 0.0896. The van der Waals surface area contributed by atoms with E-state index in [1.54, 1.807) is 7.11 Å². The Morgan fingerprint density at radius 1 is 1.56 bits per heavy atom. The second kappa shape index (κ2) is 6.87. The van der Waals surface area contributed by atoms with Crippen LogP contribution in [0.2, 0.25) is 0 Å². The van der Waals surface area contributed by atoms with Crippen LogP contribution in [0.25, 0.3) is 0 Å². The number of thiophene rings is 1. The molecule has 0 aromatic carbocycles. The van der Waals surface area contributed by atoms with E-state index in [1.165, 1.54) is 11.3 Å². The zero-order valence-electron chi connectivity index (χ0n) is 10.7. The Balaban J connectivity index is 1.72. The van der Waals surface area contributed by atoms with Gasteiger partial charge in [0.25, 0.3) is 5.91 Å². The molecule has 5 heteroatoms. The first-order chi connectivity index (χ1) is 8.79. The minimum atomic E-state index is 0.0698. The van der Waals surface area contributed by atoms with E-state index in [4.69, 9.17) is 4.74 Å². The van der Waals surface area contributed by atoms with Crippen LogP contribution in [-0.4, -0.2) is 50.2 Å². The molecule has 0 saturated carbocycles. The number of nitrogens with one attached hydrogen (secondary N) is 1. The van der Waals surface area contributed by atoms with Crippen molar-refractivity contribution in [2.75, 3.05) is 33.4 Å². The fourth-order valence-electron chi connectivity index (χ4n) is 2.19. The van der Waals surface area contributed by atoms with Crippen molar-refractivity contribution in [3.63, 3.8) is 0 Å². The van der Waals surface area contributed by atoms with Crippen molar-refractivity contribution in [2.45, 2.75) is 18.9 Å². The summed E-state index contributed by atoms with van der Waals surface area (Å²) < 4.78 is 5.07. The van der Waals surface area contributed by atoms with Crippen LogP contribution < -0.4 is 5.32 Å². The minimum Gasteiger partial charge on any atom is -0.383 e. The van der Waals surface area contributed by atoms with Crippen LogP contribution in [-0.2, 0) is 4.74 Å². The maximum absolute atomic E-state index is 11.9. The van der Waals surface area contributed by atoms with Crippen LogP contribution in [0.5, 0.6) is 0 Å². The molecular weight excluding hydrogens is 248 g/mol. The molecule has 18 heavy (non-hydrogen) atoms. The van der Waals surface area contributed by atoms with Crippen molar-refractivity contribution in [3.8, 4) is 0 Å². The fourth-order valence-corrected chi connectivity index (χ4v) is 2.81. The number of amides is 1. The van der Waals surface area contributed by atoms with Crippen molar-refractivity contribution < 1.29 is 9.53 Å². The molecule has 1 aromatic heterocycles. The molecule has 1 aliphatic heterocycles. The maximum Gasteiger partial charge on any atom is 0.261 e. The highest BCUT2D eigenvalue weighted by atomic mass is 32.1. The van der Waals surface area contributed by atoms with Crippen molar-refractivity contribution >= 4 is 17.2 Å². The molecule has 100 valence electrons. The van der Waals surface area contributed by atoms with Gasteiger partial charge in [0, 0.05) is 32.8 Å². The molecule has 0 unspecified atom stereocenters. The van der Waals surface area contributed by atoms with Gasteiger partial charge in [-0.1, -0.05) is 6.07 Å². The lowest BCUT2D eigenvalue weighted by Crippen LogP contribution is -2.45. The number of carbonyl (C=O) groups is 1. The van der Waals surface area contributed by atoms with Crippen molar-refractivity contribution in [2.24, 2.45) is 0 Å². The normalized spacial score (nSPS) is 17.8. The van der Waals surface area contributed by atoms with Gasteiger partial charge < -0.3 is 15.0 Å². The third-order valence-corrected chi connectivity index (χ3v) is 4.15. The monoisotopic (exact) mass is 268 g/mol. The molecule has 4 nitrogen and oxygen atoms in total. The van der Waals surface area contributed by atoms with Crippen LogP contribution >= 0.6 is 11.3 Å². The van der Waals surface area contributed by atoms with E-state index in [9.17, 15) is 4.79 Å². The molecule has 0 atom stereocenters. The molecule has 1 saturated heterocycles. The Bertz CT molecular complexity index is 359. The summed E-state index contributed by atoms with van der Waals surface area (Å²) in [4.78, 5) is 15.1. The summed E-state index contributed by atoms with van der Waals surface area (Å²) in [5.41, 5.74) is 0. The van der Waals surface area contributed by atoms with E-state index in [2.05, 4.69) is 10.2 Å². The Morgan fingerprint density at radius 3 is 2.94 bits per heavy atom. The molecule has 0 spiro atoms. The van der Waals surface area contributed by atoms with Crippen LogP contribution in [0.15, 0.2) is 17.5 Å². The summed E-state index contributed by atoms with van der Waals surface area (Å²) in [6, 6.07) is 4.10. The second-order valence-electron chi connectivity index (χ2n) is 4.56. The molecule has 2 heterocycles. The molecule has 0 radical (unpaired) electrons.